The Morgan fingerprint density at radius 2 is 1.86 bits per heavy atom. The highest BCUT2D eigenvalue weighted by atomic mass is 16.5. The summed E-state index contributed by atoms with van der Waals surface area (Å²) >= 11 is 0. The van der Waals surface area contributed by atoms with Crippen LogP contribution >= 0.6 is 0 Å². The van der Waals surface area contributed by atoms with Gasteiger partial charge in [-0.05, 0) is 67.3 Å². The van der Waals surface area contributed by atoms with E-state index in [0.29, 0.717) is 18.1 Å². The third kappa shape index (κ3) is 4.74. The standard InChI is InChI=1S/C24H25NO4/c1-16(2)13-14-29-20-10-7-19(8-11-20)24(28)25-17(3)15-21-18(9-12-23(26)27)5-4-6-22(21)25/h4-12,15-16H,13-14H2,1-3H3,(H,26,27). The predicted octanol–water partition coefficient (Wildman–Crippen LogP) is 5.16. The quantitative estimate of drug-likeness (QED) is 0.565. The van der Waals surface area contributed by atoms with Crippen LogP contribution in [0.2, 0.25) is 0 Å². The predicted molar refractivity (Wildman–Crippen MR) is 114 cm³/mol. The van der Waals surface area contributed by atoms with Gasteiger partial charge in [0.05, 0.1) is 12.1 Å². The lowest BCUT2D eigenvalue weighted by molar-refractivity contribution is -0.131. The zero-order chi connectivity index (χ0) is 21.0. The molecule has 0 saturated carbocycles. The number of carbonyl (C=O) groups is 2. The molecule has 3 rings (SSSR count). The SMILES string of the molecule is Cc1cc2c(C=CC(=O)O)cccc2n1C(=O)c1ccc(OCCC(C)C)cc1. The van der Waals surface area contributed by atoms with E-state index in [4.69, 9.17) is 9.84 Å². The lowest BCUT2D eigenvalue weighted by Gasteiger charge is -2.10. The molecule has 1 N–H and O–H groups in total. The number of hydrogen-bond acceptors (Lipinski definition) is 3. The molecule has 2 aromatic carbocycles. The van der Waals surface area contributed by atoms with Crippen molar-refractivity contribution in [2.45, 2.75) is 27.2 Å². The first-order valence-corrected chi connectivity index (χ1v) is 9.66. The molecule has 5 nitrogen and oxygen atoms in total. The maximum absolute atomic E-state index is 13.1. The van der Waals surface area contributed by atoms with Gasteiger partial charge >= 0.3 is 5.97 Å². The van der Waals surface area contributed by atoms with Crippen LogP contribution in [0.4, 0.5) is 0 Å². The maximum Gasteiger partial charge on any atom is 0.328 e. The van der Waals surface area contributed by atoms with Crippen molar-refractivity contribution >= 4 is 28.9 Å². The van der Waals surface area contributed by atoms with Crippen LogP contribution in [0.5, 0.6) is 5.75 Å². The first-order valence-electron chi connectivity index (χ1n) is 9.66. The number of ether oxygens (including phenoxy) is 1. The Morgan fingerprint density at radius 3 is 2.52 bits per heavy atom. The van der Waals surface area contributed by atoms with Gasteiger partial charge in [0, 0.05) is 22.7 Å². The average Bonchev–Trinajstić information content (AvgIpc) is 3.02. The summed E-state index contributed by atoms with van der Waals surface area (Å²) in [7, 11) is 0. The van der Waals surface area contributed by atoms with E-state index < -0.39 is 5.97 Å². The summed E-state index contributed by atoms with van der Waals surface area (Å²) < 4.78 is 7.38. The lowest BCUT2D eigenvalue weighted by Crippen LogP contribution is -2.13. The number of aliphatic carboxylic acids is 1. The number of benzene rings is 2. The van der Waals surface area contributed by atoms with Crippen LogP contribution < -0.4 is 4.74 Å². The minimum Gasteiger partial charge on any atom is -0.494 e. The van der Waals surface area contributed by atoms with Gasteiger partial charge in [-0.2, -0.15) is 0 Å². The van der Waals surface area contributed by atoms with Crippen molar-refractivity contribution in [3.05, 3.63) is 71.4 Å². The van der Waals surface area contributed by atoms with Crippen molar-refractivity contribution in [1.82, 2.24) is 4.57 Å². The van der Waals surface area contributed by atoms with Crippen molar-refractivity contribution in [2.24, 2.45) is 5.92 Å². The second kappa shape index (κ2) is 8.78. The molecule has 5 heteroatoms. The summed E-state index contributed by atoms with van der Waals surface area (Å²) in [5, 5.41) is 9.73. The fraction of sp³-hybridized carbons (Fsp3) is 0.250. The highest BCUT2D eigenvalue weighted by molar-refractivity contribution is 6.05. The molecule has 0 amide bonds. The topological polar surface area (TPSA) is 68.5 Å². The molecule has 0 unspecified atom stereocenters. The monoisotopic (exact) mass is 391 g/mol. The largest absolute Gasteiger partial charge is 0.494 e. The van der Waals surface area contributed by atoms with Gasteiger partial charge < -0.3 is 9.84 Å². The van der Waals surface area contributed by atoms with Gasteiger partial charge in [-0.3, -0.25) is 9.36 Å². The highest BCUT2D eigenvalue weighted by Crippen LogP contribution is 2.26. The Bertz CT molecular complexity index is 1060. The molecular weight excluding hydrogens is 366 g/mol. The van der Waals surface area contributed by atoms with Crippen molar-refractivity contribution in [3.8, 4) is 5.75 Å². The van der Waals surface area contributed by atoms with Gasteiger partial charge in [0.15, 0.2) is 0 Å². The third-order valence-electron chi connectivity index (χ3n) is 4.74. The second-order valence-corrected chi connectivity index (χ2v) is 7.43. The molecule has 0 atom stereocenters. The Balaban J connectivity index is 1.88. The van der Waals surface area contributed by atoms with Crippen molar-refractivity contribution in [2.75, 3.05) is 6.61 Å². The first-order chi connectivity index (χ1) is 13.9. The zero-order valence-corrected chi connectivity index (χ0v) is 16.9. The van der Waals surface area contributed by atoms with Crippen LogP contribution in [0.25, 0.3) is 17.0 Å². The molecule has 150 valence electrons. The number of rotatable bonds is 7. The molecule has 1 aromatic heterocycles. The molecule has 0 bridgehead atoms. The van der Waals surface area contributed by atoms with Crippen LogP contribution in [-0.2, 0) is 4.79 Å². The maximum atomic E-state index is 13.1. The summed E-state index contributed by atoms with van der Waals surface area (Å²) in [6, 6.07) is 14.6. The van der Waals surface area contributed by atoms with Crippen molar-refractivity contribution in [1.29, 1.82) is 0 Å². The van der Waals surface area contributed by atoms with E-state index in [9.17, 15) is 9.59 Å². The van der Waals surface area contributed by atoms with Gasteiger partial charge in [-0.25, -0.2) is 4.79 Å². The van der Waals surface area contributed by atoms with Gasteiger partial charge in [-0.15, -0.1) is 0 Å². The molecule has 0 aliphatic rings. The molecule has 0 radical (unpaired) electrons. The van der Waals surface area contributed by atoms with Crippen LogP contribution in [0, 0.1) is 12.8 Å². The van der Waals surface area contributed by atoms with Crippen molar-refractivity contribution < 1.29 is 19.4 Å². The number of nitrogens with zero attached hydrogens (tertiary/aromatic N) is 1. The van der Waals surface area contributed by atoms with E-state index in [-0.39, 0.29) is 5.91 Å². The fourth-order valence-corrected chi connectivity index (χ4v) is 3.20. The summed E-state index contributed by atoms with van der Waals surface area (Å²) in [5.74, 6) is 0.184. The zero-order valence-electron chi connectivity index (χ0n) is 16.9. The van der Waals surface area contributed by atoms with Gasteiger partial charge in [0.25, 0.3) is 5.91 Å². The normalized spacial score (nSPS) is 11.4. The number of carboxylic acid groups (broad SMARTS) is 1. The number of carboxylic acids is 1. The number of aryl methyl sites for hydroxylation is 1. The molecular formula is C24H25NO4. The molecule has 3 aromatic rings. The van der Waals surface area contributed by atoms with E-state index >= 15 is 0 Å². The summed E-state index contributed by atoms with van der Waals surface area (Å²) in [5.41, 5.74) is 2.86. The Morgan fingerprint density at radius 1 is 1.14 bits per heavy atom. The summed E-state index contributed by atoms with van der Waals surface area (Å²) in [6.45, 7) is 6.82. The second-order valence-electron chi connectivity index (χ2n) is 7.43. The first kappa shape index (κ1) is 20.4. The molecule has 1 heterocycles. The molecule has 0 spiro atoms. The van der Waals surface area contributed by atoms with Gasteiger partial charge in [-0.1, -0.05) is 26.0 Å². The molecule has 29 heavy (non-hydrogen) atoms. The van der Waals surface area contributed by atoms with Crippen LogP contribution in [0.3, 0.4) is 0 Å². The van der Waals surface area contributed by atoms with Crippen LogP contribution in [0.15, 0.2) is 54.6 Å². The van der Waals surface area contributed by atoms with E-state index in [2.05, 4.69) is 13.8 Å². The van der Waals surface area contributed by atoms with Gasteiger partial charge in [0.2, 0.25) is 0 Å². The number of fused-ring (bicyclic) bond motifs is 1. The summed E-state index contributed by atoms with van der Waals surface area (Å²) in [6.07, 6.45) is 3.62. The molecule has 0 fully saturated rings. The molecule has 0 saturated heterocycles. The highest BCUT2D eigenvalue weighted by Gasteiger charge is 2.16. The van der Waals surface area contributed by atoms with Crippen LogP contribution in [-0.4, -0.2) is 28.2 Å². The number of hydrogen-bond donors (Lipinski definition) is 1. The fourth-order valence-electron chi connectivity index (χ4n) is 3.20. The molecule has 0 aliphatic carbocycles. The smallest absolute Gasteiger partial charge is 0.328 e. The minimum atomic E-state index is -1.01. The Hall–Kier alpha value is -3.34. The summed E-state index contributed by atoms with van der Waals surface area (Å²) in [4.78, 5) is 24.0. The van der Waals surface area contributed by atoms with E-state index in [0.717, 1.165) is 40.4 Å². The Labute approximate surface area is 170 Å². The van der Waals surface area contributed by atoms with E-state index in [1.807, 2.05) is 43.3 Å². The lowest BCUT2D eigenvalue weighted by atomic mass is 10.1. The van der Waals surface area contributed by atoms with Gasteiger partial charge in [0.1, 0.15) is 5.75 Å². The minimum absolute atomic E-state index is 0.134. The third-order valence-corrected chi connectivity index (χ3v) is 4.74. The molecule has 0 aliphatic heterocycles. The van der Waals surface area contributed by atoms with Crippen LogP contribution in [0.1, 0.15) is 41.9 Å². The van der Waals surface area contributed by atoms with Crippen molar-refractivity contribution in [3.63, 3.8) is 0 Å². The number of aromatic nitrogens is 1. The van der Waals surface area contributed by atoms with E-state index in [1.54, 1.807) is 22.8 Å². The number of carbonyl (C=O) groups excluding carboxylic acids is 1. The Kier molecular flexibility index (Phi) is 6.17. The average molecular weight is 391 g/mol. The van der Waals surface area contributed by atoms with E-state index in [1.165, 1.54) is 0 Å².